The van der Waals surface area contributed by atoms with Crippen molar-refractivity contribution in [3.05, 3.63) is 0 Å². The molecule has 0 spiro atoms. The van der Waals surface area contributed by atoms with Crippen molar-refractivity contribution in [3.63, 3.8) is 0 Å². The third-order valence-electron chi connectivity index (χ3n) is 4.72. The summed E-state index contributed by atoms with van der Waals surface area (Å²) in [7, 11) is 6.09. The molecular formula is C15H32N2O. The fourth-order valence-electron chi connectivity index (χ4n) is 3.04. The Balaban J connectivity index is 2.53. The van der Waals surface area contributed by atoms with E-state index < -0.39 is 0 Å². The highest BCUT2D eigenvalue weighted by Crippen LogP contribution is 2.27. The summed E-state index contributed by atoms with van der Waals surface area (Å²) in [6.45, 7) is 7.75. The molecule has 1 N–H and O–H groups in total. The lowest BCUT2D eigenvalue weighted by Gasteiger charge is -2.40. The van der Waals surface area contributed by atoms with Crippen LogP contribution in [0.5, 0.6) is 0 Å². The van der Waals surface area contributed by atoms with E-state index in [-0.39, 0.29) is 5.60 Å². The average molecular weight is 256 g/mol. The Morgan fingerprint density at radius 2 is 2.06 bits per heavy atom. The summed E-state index contributed by atoms with van der Waals surface area (Å²) in [5.41, 5.74) is -0.122. The van der Waals surface area contributed by atoms with Crippen molar-refractivity contribution in [2.75, 3.05) is 27.7 Å². The van der Waals surface area contributed by atoms with Crippen LogP contribution in [0.25, 0.3) is 0 Å². The largest absolute Gasteiger partial charge is 0.377 e. The lowest BCUT2D eigenvalue weighted by molar-refractivity contribution is -0.0209. The SMILES string of the molecule is CNC(CN(C)C1CCCC(C)C1)C(C)(C)OC. The fraction of sp³-hybridized carbons (Fsp3) is 1.00. The summed E-state index contributed by atoms with van der Waals surface area (Å²) in [6.07, 6.45) is 5.49. The first-order valence-corrected chi connectivity index (χ1v) is 7.33. The second-order valence-electron chi connectivity index (χ2n) is 6.51. The molecule has 18 heavy (non-hydrogen) atoms. The molecule has 0 aromatic carbocycles. The van der Waals surface area contributed by atoms with E-state index in [0.717, 1.165) is 18.5 Å². The molecule has 3 unspecified atom stereocenters. The molecule has 0 heterocycles. The van der Waals surface area contributed by atoms with Gasteiger partial charge in [-0.1, -0.05) is 19.8 Å². The quantitative estimate of drug-likeness (QED) is 0.790. The molecule has 1 rings (SSSR count). The van der Waals surface area contributed by atoms with Gasteiger partial charge < -0.3 is 15.0 Å². The number of likely N-dealkylation sites (N-methyl/N-ethyl adjacent to an activating group) is 2. The molecule has 0 aromatic heterocycles. The van der Waals surface area contributed by atoms with Gasteiger partial charge in [-0.25, -0.2) is 0 Å². The molecule has 1 aliphatic carbocycles. The van der Waals surface area contributed by atoms with Gasteiger partial charge in [0.25, 0.3) is 0 Å². The van der Waals surface area contributed by atoms with Gasteiger partial charge in [0.2, 0.25) is 0 Å². The van der Waals surface area contributed by atoms with Gasteiger partial charge in [0.1, 0.15) is 0 Å². The molecular weight excluding hydrogens is 224 g/mol. The van der Waals surface area contributed by atoms with Crippen LogP contribution in [-0.2, 0) is 4.74 Å². The molecule has 1 fully saturated rings. The van der Waals surface area contributed by atoms with Gasteiger partial charge in [-0.15, -0.1) is 0 Å². The van der Waals surface area contributed by atoms with Gasteiger partial charge in [0.05, 0.1) is 5.60 Å². The Bertz CT molecular complexity index is 243. The molecule has 1 saturated carbocycles. The van der Waals surface area contributed by atoms with Crippen molar-refractivity contribution in [2.45, 2.75) is 64.1 Å². The zero-order chi connectivity index (χ0) is 13.8. The first kappa shape index (κ1) is 15.9. The third kappa shape index (κ3) is 4.22. The van der Waals surface area contributed by atoms with Gasteiger partial charge >= 0.3 is 0 Å². The van der Waals surface area contributed by atoms with E-state index in [1.807, 2.05) is 7.05 Å². The maximum atomic E-state index is 5.61. The molecule has 0 radical (unpaired) electrons. The predicted molar refractivity (Wildman–Crippen MR) is 78.0 cm³/mol. The molecule has 0 bridgehead atoms. The van der Waals surface area contributed by atoms with Crippen LogP contribution in [0, 0.1) is 5.92 Å². The zero-order valence-electron chi connectivity index (χ0n) is 13.1. The monoisotopic (exact) mass is 256 g/mol. The molecule has 1 aliphatic rings. The van der Waals surface area contributed by atoms with Crippen molar-refractivity contribution in [1.29, 1.82) is 0 Å². The van der Waals surface area contributed by atoms with Gasteiger partial charge in [0.15, 0.2) is 0 Å². The molecule has 0 aromatic rings. The highest BCUT2D eigenvalue weighted by Gasteiger charge is 2.31. The number of nitrogens with one attached hydrogen (secondary N) is 1. The van der Waals surface area contributed by atoms with Gasteiger partial charge in [-0.2, -0.15) is 0 Å². The number of ether oxygens (including phenoxy) is 1. The van der Waals surface area contributed by atoms with Crippen LogP contribution in [0.2, 0.25) is 0 Å². The summed E-state index contributed by atoms with van der Waals surface area (Å²) in [6, 6.07) is 1.11. The smallest absolute Gasteiger partial charge is 0.0787 e. The summed E-state index contributed by atoms with van der Waals surface area (Å²) in [5, 5.41) is 3.41. The zero-order valence-corrected chi connectivity index (χ0v) is 13.1. The van der Waals surface area contributed by atoms with Gasteiger partial charge in [0, 0.05) is 25.7 Å². The second kappa shape index (κ2) is 6.88. The molecule has 3 atom stereocenters. The number of hydrogen-bond donors (Lipinski definition) is 1. The van der Waals surface area contributed by atoms with Crippen molar-refractivity contribution in [1.82, 2.24) is 10.2 Å². The summed E-state index contributed by atoms with van der Waals surface area (Å²) >= 11 is 0. The minimum absolute atomic E-state index is 0.122. The maximum Gasteiger partial charge on any atom is 0.0787 e. The van der Waals surface area contributed by atoms with Crippen molar-refractivity contribution in [3.8, 4) is 0 Å². The molecule has 3 heteroatoms. The lowest BCUT2D eigenvalue weighted by Crippen LogP contribution is -2.54. The van der Waals surface area contributed by atoms with Crippen LogP contribution >= 0.6 is 0 Å². The number of rotatable bonds is 6. The molecule has 108 valence electrons. The van der Waals surface area contributed by atoms with E-state index in [2.05, 4.69) is 38.0 Å². The van der Waals surface area contributed by atoms with Crippen LogP contribution in [0.4, 0.5) is 0 Å². The Hall–Kier alpha value is -0.120. The Kier molecular flexibility index (Phi) is 6.09. The first-order chi connectivity index (χ1) is 8.40. The minimum Gasteiger partial charge on any atom is -0.377 e. The van der Waals surface area contributed by atoms with E-state index >= 15 is 0 Å². The molecule has 0 saturated heterocycles. The van der Waals surface area contributed by atoms with E-state index in [0.29, 0.717) is 6.04 Å². The summed E-state index contributed by atoms with van der Waals surface area (Å²) in [5.74, 6) is 0.884. The maximum absolute atomic E-state index is 5.61. The van der Waals surface area contributed by atoms with E-state index in [1.165, 1.54) is 25.7 Å². The lowest BCUT2D eigenvalue weighted by atomic mass is 9.86. The fourth-order valence-corrected chi connectivity index (χ4v) is 3.04. The van der Waals surface area contributed by atoms with Gasteiger partial charge in [-0.05, 0) is 46.7 Å². The number of hydrogen-bond acceptors (Lipinski definition) is 3. The Morgan fingerprint density at radius 3 is 2.56 bits per heavy atom. The minimum atomic E-state index is -0.122. The van der Waals surface area contributed by atoms with Crippen molar-refractivity contribution >= 4 is 0 Å². The van der Waals surface area contributed by atoms with Crippen LogP contribution < -0.4 is 5.32 Å². The van der Waals surface area contributed by atoms with E-state index in [9.17, 15) is 0 Å². The highest BCUT2D eigenvalue weighted by atomic mass is 16.5. The summed E-state index contributed by atoms with van der Waals surface area (Å²) in [4.78, 5) is 2.53. The second-order valence-corrected chi connectivity index (χ2v) is 6.51. The molecule has 0 aliphatic heterocycles. The van der Waals surface area contributed by atoms with Crippen molar-refractivity contribution in [2.24, 2.45) is 5.92 Å². The standard InChI is InChI=1S/C15H32N2O/c1-12-8-7-9-13(10-12)17(5)11-14(16-4)15(2,3)18-6/h12-14,16H,7-11H2,1-6H3. The number of nitrogens with zero attached hydrogens (tertiary/aromatic N) is 1. The van der Waals surface area contributed by atoms with Crippen LogP contribution in [-0.4, -0.2) is 50.3 Å². The van der Waals surface area contributed by atoms with E-state index in [1.54, 1.807) is 7.11 Å². The topological polar surface area (TPSA) is 24.5 Å². The van der Waals surface area contributed by atoms with Crippen LogP contribution in [0.3, 0.4) is 0 Å². The molecule has 0 amide bonds. The predicted octanol–water partition coefficient (Wildman–Crippen LogP) is 2.51. The Labute approximate surface area is 113 Å². The van der Waals surface area contributed by atoms with Crippen molar-refractivity contribution < 1.29 is 4.74 Å². The summed E-state index contributed by atoms with van der Waals surface area (Å²) < 4.78 is 5.61. The molecule has 3 nitrogen and oxygen atoms in total. The van der Waals surface area contributed by atoms with Crippen LogP contribution in [0.15, 0.2) is 0 Å². The Morgan fingerprint density at radius 1 is 1.39 bits per heavy atom. The number of methoxy groups -OCH3 is 1. The van der Waals surface area contributed by atoms with Gasteiger partial charge in [-0.3, -0.25) is 0 Å². The average Bonchev–Trinajstić information content (AvgIpc) is 2.35. The van der Waals surface area contributed by atoms with E-state index in [4.69, 9.17) is 4.74 Å². The highest BCUT2D eigenvalue weighted by molar-refractivity contribution is 4.88. The normalized spacial score (nSPS) is 27.5. The first-order valence-electron chi connectivity index (χ1n) is 7.33. The van der Waals surface area contributed by atoms with Crippen LogP contribution in [0.1, 0.15) is 46.5 Å². The third-order valence-corrected chi connectivity index (χ3v) is 4.72.